The van der Waals surface area contributed by atoms with Crippen molar-refractivity contribution in [3.05, 3.63) is 64.3 Å². The summed E-state index contributed by atoms with van der Waals surface area (Å²) in [5, 5.41) is 22.7. The SMILES string of the molecule is NC(=O)c1cccc(C(=O)N[C@H]2[C@@H]3C[C@](O)(c4cc(Cl)cc5[nH]ncc45)C[C@@H]32)c1. The first kappa shape index (κ1) is 18.1. The number of hydrogen-bond acceptors (Lipinski definition) is 4. The van der Waals surface area contributed by atoms with Crippen molar-refractivity contribution in [1.82, 2.24) is 15.5 Å². The van der Waals surface area contributed by atoms with Crippen molar-refractivity contribution in [2.24, 2.45) is 17.6 Å². The van der Waals surface area contributed by atoms with E-state index >= 15 is 0 Å². The Balaban J connectivity index is 1.31. The van der Waals surface area contributed by atoms with Crippen LogP contribution in [0.25, 0.3) is 10.9 Å². The third-order valence-corrected chi connectivity index (χ3v) is 6.43. The smallest absolute Gasteiger partial charge is 0.251 e. The molecule has 2 aromatic carbocycles. The molecule has 0 aliphatic heterocycles. The van der Waals surface area contributed by atoms with Crippen molar-refractivity contribution in [2.75, 3.05) is 0 Å². The van der Waals surface area contributed by atoms with Gasteiger partial charge in [0, 0.05) is 27.6 Å². The molecule has 2 aliphatic carbocycles. The Morgan fingerprint density at radius 3 is 2.66 bits per heavy atom. The Kier molecular flexibility index (Phi) is 3.94. The third-order valence-electron chi connectivity index (χ3n) is 6.21. The lowest BCUT2D eigenvalue weighted by Gasteiger charge is -2.27. The van der Waals surface area contributed by atoms with Crippen molar-refractivity contribution in [2.45, 2.75) is 24.5 Å². The number of nitrogens with two attached hydrogens (primary N) is 1. The molecule has 0 saturated heterocycles. The maximum absolute atomic E-state index is 12.6. The van der Waals surface area contributed by atoms with Crippen LogP contribution < -0.4 is 11.1 Å². The number of nitrogens with one attached hydrogen (secondary N) is 2. The average Bonchev–Trinajstić information content (AvgIpc) is 3.05. The second-order valence-electron chi connectivity index (χ2n) is 8.00. The van der Waals surface area contributed by atoms with Gasteiger partial charge >= 0.3 is 0 Å². The molecule has 2 amide bonds. The number of halogens is 1. The summed E-state index contributed by atoms with van der Waals surface area (Å²) in [4.78, 5) is 23.9. The van der Waals surface area contributed by atoms with Gasteiger partial charge in [-0.3, -0.25) is 14.7 Å². The topological polar surface area (TPSA) is 121 Å². The number of H-pyrrole nitrogens is 1. The molecule has 1 heterocycles. The zero-order chi connectivity index (χ0) is 20.3. The van der Waals surface area contributed by atoms with E-state index in [0.717, 1.165) is 16.5 Å². The number of aromatic nitrogens is 2. The highest BCUT2D eigenvalue weighted by atomic mass is 35.5. The minimum Gasteiger partial charge on any atom is -0.385 e. The van der Waals surface area contributed by atoms with E-state index in [4.69, 9.17) is 17.3 Å². The Morgan fingerprint density at radius 1 is 1.21 bits per heavy atom. The summed E-state index contributed by atoms with van der Waals surface area (Å²) < 4.78 is 0. The molecular weight excluding hydrogens is 392 g/mol. The first-order chi connectivity index (χ1) is 13.9. The van der Waals surface area contributed by atoms with E-state index in [1.807, 2.05) is 0 Å². The van der Waals surface area contributed by atoms with Gasteiger partial charge in [-0.15, -0.1) is 0 Å². The Hall–Kier alpha value is -2.90. The number of nitrogens with zero attached hydrogens (tertiary/aromatic N) is 1. The van der Waals surface area contributed by atoms with Crippen LogP contribution in [0.4, 0.5) is 0 Å². The fraction of sp³-hybridized carbons (Fsp3) is 0.286. The van der Waals surface area contributed by atoms with Gasteiger partial charge in [-0.05, 0) is 60.6 Å². The molecule has 4 atom stereocenters. The van der Waals surface area contributed by atoms with Crippen LogP contribution in [0.1, 0.15) is 39.1 Å². The van der Waals surface area contributed by atoms with Crippen LogP contribution in [0.2, 0.25) is 5.02 Å². The van der Waals surface area contributed by atoms with Gasteiger partial charge in [0.1, 0.15) is 0 Å². The molecule has 8 heteroatoms. The molecule has 2 fully saturated rings. The predicted molar refractivity (Wildman–Crippen MR) is 107 cm³/mol. The monoisotopic (exact) mass is 410 g/mol. The van der Waals surface area contributed by atoms with Gasteiger partial charge in [0.15, 0.2) is 0 Å². The first-order valence-electron chi connectivity index (χ1n) is 9.42. The van der Waals surface area contributed by atoms with Crippen LogP contribution in [0.3, 0.4) is 0 Å². The summed E-state index contributed by atoms with van der Waals surface area (Å²) in [5.74, 6) is -0.412. The zero-order valence-corrected chi connectivity index (χ0v) is 16.1. The normalized spacial score (nSPS) is 27.6. The number of aromatic amines is 1. The lowest BCUT2D eigenvalue weighted by atomic mass is 9.86. The average molecular weight is 411 g/mol. The van der Waals surface area contributed by atoms with Gasteiger partial charge in [0.05, 0.1) is 17.3 Å². The molecule has 7 nitrogen and oxygen atoms in total. The molecule has 148 valence electrons. The number of amides is 2. The van der Waals surface area contributed by atoms with Crippen LogP contribution in [0.15, 0.2) is 42.6 Å². The number of benzene rings is 2. The Morgan fingerprint density at radius 2 is 1.93 bits per heavy atom. The summed E-state index contributed by atoms with van der Waals surface area (Å²) in [5.41, 5.74) is 6.56. The van der Waals surface area contributed by atoms with Gasteiger partial charge in [0.2, 0.25) is 5.91 Å². The summed E-state index contributed by atoms with van der Waals surface area (Å²) in [6, 6.07) is 9.96. The highest BCUT2D eigenvalue weighted by molar-refractivity contribution is 6.31. The number of fused-ring (bicyclic) bond motifs is 2. The Labute approximate surface area is 171 Å². The van der Waals surface area contributed by atoms with Crippen molar-refractivity contribution >= 4 is 34.3 Å². The number of carbonyl (C=O) groups excluding carboxylic acids is 2. The maximum Gasteiger partial charge on any atom is 0.251 e. The molecule has 1 aromatic heterocycles. The summed E-state index contributed by atoms with van der Waals surface area (Å²) >= 11 is 6.22. The van der Waals surface area contributed by atoms with Gasteiger partial charge in [-0.1, -0.05) is 17.7 Å². The molecule has 0 spiro atoms. The highest BCUT2D eigenvalue weighted by Gasteiger charge is 2.62. The summed E-state index contributed by atoms with van der Waals surface area (Å²) in [7, 11) is 0. The van der Waals surface area contributed by atoms with E-state index in [9.17, 15) is 14.7 Å². The quantitative estimate of drug-likeness (QED) is 0.527. The van der Waals surface area contributed by atoms with Crippen molar-refractivity contribution in [3.63, 3.8) is 0 Å². The molecule has 5 N–H and O–H groups in total. The van der Waals surface area contributed by atoms with E-state index in [1.54, 1.807) is 36.5 Å². The lowest BCUT2D eigenvalue weighted by Crippen LogP contribution is -2.33. The minimum absolute atomic E-state index is 0.0130. The number of hydrogen-bond donors (Lipinski definition) is 4. The van der Waals surface area contributed by atoms with Gasteiger partial charge in [0.25, 0.3) is 5.91 Å². The molecule has 0 unspecified atom stereocenters. The molecular formula is C21H19ClN4O3. The van der Waals surface area contributed by atoms with Gasteiger partial charge in [-0.2, -0.15) is 5.10 Å². The first-order valence-corrected chi connectivity index (χ1v) is 9.80. The standard InChI is InChI=1S/C21H19ClN4O3/c22-12-5-16(15-9-24-26-17(15)6-12)21(29)7-13-14(8-21)18(13)25-20(28)11-3-1-2-10(4-11)19(23)27/h1-6,9,13-14,18,29H,7-8H2,(H2,23,27)(H,24,26)(H,25,28)/t13-,14+,18+,21-. The fourth-order valence-corrected chi connectivity index (χ4v) is 4.97. The number of carbonyl (C=O) groups is 2. The second kappa shape index (κ2) is 6.30. The predicted octanol–water partition coefficient (Wildman–Crippen LogP) is 2.34. The van der Waals surface area contributed by atoms with Crippen molar-refractivity contribution in [1.29, 1.82) is 0 Å². The molecule has 0 bridgehead atoms. The third kappa shape index (κ3) is 2.97. The maximum atomic E-state index is 12.6. The molecule has 29 heavy (non-hydrogen) atoms. The molecule has 2 saturated carbocycles. The molecule has 5 rings (SSSR count). The zero-order valence-electron chi connectivity index (χ0n) is 15.4. The highest BCUT2D eigenvalue weighted by Crippen LogP contribution is 2.60. The van der Waals surface area contributed by atoms with Gasteiger partial charge < -0.3 is 16.2 Å². The number of rotatable bonds is 4. The van der Waals surface area contributed by atoms with Crippen LogP contribution in [0, 0.1) is 11.8 Å². The largest absolute Gasteiger partial charge is 0.385 e. The molecule has 0 radical (unpaired) electrons. The van der Waals surface area contributed by atoms with E-state index in [0.29, 0.717) is 29.0 Å². The van der Waals surface area contributed by atoms with Crippen molar-refractivity contribution < 1.29 is 14.7 Å². The van der Waals surface area contributed by atoms with Gasteiger partial charge in [-0.25, -0.2) is 0 Å². The Bertz CT molecular complexity index is 1150. The van der Waals surface area contributed by atoms with Crippen LogP contribution >= 0.6 is 11.6 Å². The molecule has 3 aromatic rings. The summed E-state index contributed by atoms with van der Waals surface area (Å²) in [6.45, 7) is 0. The lowest BCUT2D eigenvalue weighted by molar-refractivity contribution is 0.0293. The van der Waals surface area contributed by atoms with Crippen LogP contribution in [0.5, 0.6) is 0 Å². The van der Waals surface area contributed by atoms with E-state index < -0.39 is 11.5 Å². The van der Waals surface area contributed by atoms with Crippen LogP contribution in [-0.4, -0.2) is 33.2 Å². The van der Waals surface area contributed by atoms with E-state index in [2.05, 4.69) is 15.5 Å². The summed E-state index contributed by atoms with van der Waals surface area (Å²) in [6.07, 6.45) is 2.79. The molecule has 2 aliphatic rings. The van der Waals surface area contributed by atoms with E-state index in [1.165, 1.54) is 6.07 Å². The number of aliphatic hydroxyl groups is 1. The van der Waals surface area contributed by atoms with Crippen molar-refractivity contribution in [3.8, 4) is 0 Å². The fourth-order valence-electron chi connectivity index (χ4n) is 4.75. The van der Waals surface area contributed by atoms with E-state index in [-0.39, 0.29) is 23.8 Å². The minimum atomic E-state index is -0.991. The second-order valence-corrected chi connectivity index (χ2v) is 8.43. The number of primary amides is 1. The van der Waals surface area contributed by atoms with Crippen LogP contribution in [-0.2, 0) is 5.60 Å².